The van der Waals surface area contributed by atoms with Crippen LogP contribution in [0.25, 0.3) is 0 Å². The second kappa shape index (κ2) is 7.10. The normalized spacial score (nSPS) is 23.4. The Balaban J connectivity index is 1.28. The molecule has 0 unspecified atom stereocenters. The maximum Gasteiger partial charge on any atom is 0.227 e. The highest BCUT2D eigenvalue weighted by Gasteiger charge is 2.61. The third kappa shape index (κ3) is 3.84. The lowest BCUT2D eigenvalue weighted by atomic mass is 10.0. The lowest BCUT2D eigenvalue weighted by molar-refractivity contribution is -0.130. The molecule has 1 aromatic heterocycles. The molecule has 2 fully saturated rings. The fraction of sp³-hybridized carbons (Fsp3) is 0.381. The molecular weight excluding hydrogens is 345 g/mol. The van der Waals surface area contributed by atoms with Gasteiger partial charge in [-0.3, -0.25) is 14.6 Å². The van der Waals surface area contributed by atoms with Crippen molar-refractivity contribution in [2.75, 3.05) is 13.1 Å². The summed E-state index contributed by atoms with van der Waals surface area (Å²) in [5.74, 6) is -0.214. The van der Waals surface area contributed by atoms with Crippen LogP contribution in [0.4, 0.5) is 4.39 Å². The minimum absolute atomic E-state index is 0.0159. The Bertz CT molecular complexity index is 840. The molecule has 2 heterocycles. The Morgan fingerprint density at radius 3 is 2.78 bits per heavy atom. The number of halogens is 1. The van der Waals surface area contributed by atoms with Crippen LogP contribution in [-0.2, 0) is 22.6 Å². The molecule has 1 saturated heterocycles. The third-order valence-corrected chi connectivity index (χ3v) is 5.70. The molecule has 1 aliphatic carbocycles. The van der Waals surface area contributed by atoms with Crippen molar-refractivity contribution in [3.8, 4) is 0 Å². The number of likely N-dealkylation sites (tertiary alicyclic amines) is 1. The van der Waals surface area contributed by atoms with Gasteiger partial charge in [-0.1, -0.05) is 18.2 Å². The smallest absolute Gasteiger partial charge is 0.227 e. The molecule has 1 aromatic carbocycles. The number of nitrogens with zero attached hydrogens (tertiary/aromatic N) is 2. The van der Waals surface area contributed by atoms with Crippen molar-refractivity contribution in [2.45, 2.75) is 25.8 Å². The van der Waals surface area contributed by atoms with Crippen LogP contribution in [0.5, 0.6) is 0 Å². The second-order valence-corrected chi connectivity index (χ2v) is 7.57. The minimum atomic E-state index is -0.301. The summed E-state index contributed by atoms with van der Waals surface area (Å²) in [7, 11) is 0. The maximum atomic E-state index is 13.0. The summed E-state index contributed by atoms with van der Waals surface area (Å²) in [5, 5.41) is 2.98. The fourth-order valence-electron chi connectivity index (χ4n) is 3.98. The van der Waals surface area contributed by atoms with E-state index in [1.165, 1.54) is 12.1 Å². The van der Waals surface area contributed by atoms with Gasteiger partial charge in [0.05, 0.1) is 6.42 Å². The number of pyridine rings is 1. The standard InChI is InChI=1S/C21H22FN3O2/c22-17-5-3-15(4-6-17)10-19(26)25-9-7-21(14-25)11-18(21)20(27)24-13-16-2-1-8-23-12-16/h1-6,8,12,18H,7,9-11,13-14H2,(H,24,27)/t18-,21+/m1/s1. The van der Waals surface area contributed by atoms with Gasteiger partial charge in [-0.2, -0.15) is 0 Å². The Labute approximate surface area is 157 Å². The molecule has 2 amide bonds. The Morgan fingerprint density at radius 2 is 2.04 bits per heavy atom. The molecule has 140 valence electrons. The van der Waals surface area contributed by atoms with Crippen LogP contribution in [0.2, 0.25) is 0 Å². The predicted molar refractivity (Wildman–Crippen MR) is 97.9 cm³/mol. The van der Waals surface area contributed by atoms with Crippen molar-refractivity contribution in [1.29, 1.82) is 0 Å². The fourth-order valence-corrected chi connectivity index (χ4v) is 3.98. The van der Waals surface area contributed by atoms with Crippen molar-refractivity contribution in [2.24, 2.45) is 11.3 Å². The van der Waals surface area contributed by atoms with Crippen molar-refractivity contribution in [3.63, 3.8) is 0 Å². The minimum Gasteiger partial charge on any atom is -0.352 e. The summed E-state index contributed by atoms with van der Waals surface area (Å²) >= 11 is 0. The molecule has 2 atom stereocenters. The average Bonchev–Trinajstić information content (AvgIpc) is 3.22. The van der Waals surface area contributed by atoms with Gasteiger partial charge in [-0.25, -0.2) is 4.39 Å². The van der Waals surface area contributed by atoms with E-state index in [2.05, 4.69) is 10.3 Å². The van der Waals surface area contributed by atoms with E-state index in [1.807, 2.05) is 17.0 Å². The van der Waals surface area contributed by atoms with Gasteiger partial charge in [0.25, 0.3) is 0 Å². The van der Waals surface area contributed by atoms with Crippen molar-refractivity contribution in [3.05, 3.63) is 65.7 Å². The zero-order valence-corrected chi connectivity index (χ0v) is 15.0. The molecule has 5 nitrogen and oxygen atoms in total. The lowest BCUT2D eigenvalue weighted by Crippen LogP contribution is -2.32. The topological polar surface area (TPSA) is 62.3 Å². The van der Waals surface area contributed by atoms with Crippen LogP contribution in [0.3, 0.4) is 0 Å². The zero-order chi connectivity index (χ0) is 18.9. The Morgan fingerprint density at radius 1 is 1.22 bits per heavy atom. The van der Waals surface area contributed by atoms with E-state index in [0.717, 1.165) is 24.0 Å². The highest BCUT2D eigenvalue weighted by molar-refractivity contribution is 5.84. The molecule has 2 aliphatic rings. The van der Waals surface area contributed by atoms with Crippen LogP contribution < -0.4 is 5.32 Å². The SMILES string of the molecule is O=C(NCc1cccnc1)[C@H]1C[C@]12CCN(C(=O)Cc1ccc(F)cc1)C2. The molecule has 0 radical (unpaired) electrons. The van der Waals surface area contributed by atoms with Crippen LogP contribution in [0.1, 0.15) is 24.0 Å². The van der Waals surface area contributed by atoms with E-state index in [4.69, 9.17) is 0 Å². The summed E-state index contributed by atoms with van der Waals surface area (Å²) in [5.41, 5.74) is 1.73. The Kier molecular flexibility index (Phi) is 4.64. The highest BCUT2D eigenvalue weighted by atomic mass is 19.1. The number of aromatic nitrogens is 1. The van der Waals surface area contributed by atoms with E-state index >= 15 is 0 Å². The molecule has 1 spiro atoms. The Hall–Kier alpha value is -2.76. The second-order valence-electron chi connectivity index (χ2n) is 7.57. The first-order chi connectivity index (χ1) is 13.1. The van der Waals surface area contributed by atoms with Crippen LogP contribution >= 0.6 is 0 Å². The van der Waals surface area contributed by atoms with E-state index in [9.17, 15) is 14.0 Å². The molecule has 27 heavy (non-hydrogen) atoms. The number of amides is 2. The van der Waals surface area contributed by atoms with Crippen LogP contribution in [0.15, 0.2) is 48.8 Å². The lowest BCUT2D eigenvalue weighted by Gasteiger charge is -2.17. The molecule has 2 aromatic rings. The number of carbonyl (C=O) groups is 2. The molecular formula is C21H22FN3O2. The molecule has 1 aliphatic heterocycles. The van der Waals surface area contributed by atoms with E-state index < -0.39 is 0 Å². The van der Waals surface area contributed by atoms with Crippen molar-refractivity contribution < 1.29 is 14.0 Å². The largest absolute Gasteiger partial charge is 0.352 e. The maximum absolute atomic E-state index is 13.0. The molecule has 0 bridgehead atoms. The van der Waals surface area contributed by atoms with Gasteiger partial charge in [-0.05, 0) is 42.2 Å². The van der Waals surface area contributed by atoms with Crippen LogP contribution in [-0.4, -0.2) is 34.8 Å². The number of nitrogens with one attached hydrogen (secondary N) is 1. The molecule has 6 heteroatoms. The summed E-state index contributed by atoms with van der Waals surface area (Å²) in [6.45, 7) is 1.80. The number of carbonyl (C=O) groups excluding carboxylic acids is 2. The van der Waals surface area contributed by atoms with Gasteiger partial charge in [0.1, 0.15) is 5.82 Å². The van der Waals surface area contributed by atoms with E-state index in [0.29, 0.717) is 19.6 Å². The summed E-state index contributed by atoms with van der Waals surface area (Å²) in [6, 6.07) is 9.81. The number of rotatable bonds is 5. The summed E-state index contributed by atoms with van der Waals surface area (Å²) in [4.78, 5) is 30.9. The van der Waals surface area contributed by atoms with Gasteiger partial charge in [0, 0.05) is 43.4 Å². The van der Waals surface area contributed by atoms with E-state index in [-0.39, 0.29) is 35.4 Å². The molecule has 1 N–H and O–H groups in total. The van der Waals surface area contributed by atoms with Crippen molar-refractivity contribution in [1.82, 2.24) is 15.2 Å². The quantitative estimate of drug-likeness (QED) is 0.882. The molecule has 1 saturated carbocycles. The first kappa shape index (κ1) is 17.6. The summed E-state index contributed by atoms with van der Waals surface area (Å²) in [6.07, 6.45) is 5.43. The van der Waals surface area contributed by atoms with Gasteiger partial charge >= 0.3 is 0 Å². The molecule has 4 rings (SSSR count). The first-order valence-electron chi connectivity index (χ1n) is 9.25. The average molecular weight is 367 g/mol. The highest BCUT2D eigenvalue weighted by Crippen LogP contribution is 2.58. The van der Waals surface area contributed by atoms with E-state index in [1.54, 1.807) is 24.5 Å². The third-order valence-electron chi connectivity index (χ3n) is 5.70. The number of hydrogen-bond acceptors (Lipinski definition) is 3. The van der Waals surface area contributed by atoms with Gasteiger partial charge < -0.3 is 10.2 Å². The monoisotopic (exact) mass is 367 g/mol. The van der Waals surface area contributed by atoms with Gasteiger partial charge in [-0.15, -0.1) is 0 Å². The van der Waals surface area contributed by atoms with Gasteiger partial charge in [0.15, 0.2) is 0 Å². The number of benzene rings is 1. The van der Waals surface area contributed by atoms with Crippen molar-refractivity contribution >= 4 is 11.8 Å². The van der Waals surface area contributed by atoms with Crippen LogP contribution in [0, 0.1) is 17.2 Å². The predicted octanol–water partition coefficient (Wildman–Crippen LogP) is 2.32. The summed E-state index contributed by atoms with van der Waals surface area (Å²) < 4.78 is 13.0. The van der Waals surface area contributed by atoms with Gasteiger partial charge in [0.2, 0.25) is 11.8 Å². The number of hydrogen-bond donors (Lipinski definition) is 1. The first-order valence-corrected chi connectivity index (χ1v) is 9.25. The zero-order valence-electron chi connectivity index (χ0n) is 15.0.